The highest BCUT2D eigenvalue weighted by Crippen LogP contribution is 2.52. The van der Waals surface area contributed by atoms with Crippen LogP contribution in [0, 0.1) is 18.2 Å². The highest BCUT2D eigenvalue weighted by molar-refractivity contribution is 7.86. The van der Waals surface area contributed by atoms with Gasteiger partial charge in [-0.3, -0.25) is 0 Å². The third kappa shape index (κ3) is 3.38. The van der Waals surface area contributed by atoms with Gasteiger partial charge in [-0.05, 0) is 55.7 Å². The van der Waals surface area contributed by atoms with Crippen molar-refractivity contribution in [3.8, 4) is 11.4 Å². The van der Waals surface area contributed by atoms with Gasteiger partial charge in [0.15, 0.2) is 11.6 Å². The van der Waals surface area contributed by atoms with Gasteiger partial charge in [-0.1, -0.05) is 11.6 Å². The Hall–Kier alpha value is -2.27. The summed E-state index contributed by atoms with van der Waals surface area (Å²) in [5.41, 5.74) is 2.56. The minimum Gasteiger partial charge on any atom is -0.353 e. The molecule has 3 heterocycles. The molecule has 3 aromatic rings. The molecule has 31 heavy (non-hydrogen) atoms. The number of fused-ring (bicyclic) bond motifs is 1. The molecule has 2 fully saturated rings. The fourth-order valence-electron chi connectivity index (χ4n) is 4.74. The molecule has 0 amide bonds. The van der Waals surface area contributed by atoms with E-state index in [9.17, 15) is 12.8 Å². The molecule has 8 nitrogen and oxygen atoms in total. The van der Waals surface area contributed by atoms with Crippen molar-refractivity contribution < 1.29 is 12.8 Å². The molecule has 1 spiro atoms. The fourth-order valence-corrected chi connectivity index (χ4v) is 5.59. The molecule has 164 valence electrons. The van der Waals surface area contributed by atoms with Crippen LogP contribution >= 0.6 is 11.6 Å². The average molecular weight is 465 g/mol. The second-order valence-corrected chi connectivity index (χ2v) is 10.6. The summed E-state index contributed by atoms with van der Waals surface area (Å²) in [5, 5.41) is 10.3. The van der Waals surface area contributed by atoms with Crippen LogP contribution < -0.4 is 10.0 Å². The molecule has 1 aliphatic carbocycles. The van der Waals surface area contributed by atoms with Crippen molar-refractivity contribution >= 4 is 33.1 Å². The smallest absolute Gasteiger partial charge is 0.276 e. The minimum absolute atomic E-state index is 0.0614. The Labute approximate surface area is 184 Å². The Balaban J connectivity index is 1.45. The second kappa shape index (κ2) is 6.86. The zero-order valence-corrected chi connectivity index (χ0v) is 18.7. The van der Waals surface area contributed by atoms with Gasteiger partial charge < -0.3 is 4.90 Å². The molecule has 2 aliphatic rings. The molecule has 0 atom stereocenters. The first kappa shape index (κ1) is 20.6. The zero-order chi connectivity index (χ0) is 22.1. The van der Waals surface area contributed by atoms with Crippen LogP contribution in [0.2, 0.25) is 5.15 Å². The predicted molar refractivity (Wildman–Crippen MR) is 117 cm³/mol. The summed E-state index contributed by atoms with van der Waals surface area (Å²) in [6.45, 7) is 3.49. The lowest BCUT2D eigenvalue weighted by molar-refractivity contribution is 0.0207. The van der Waals surface area contributed by atoms with Crippen LogP contribution in [0.5, 0.6) is 0 Å². The minimum atomic E-state index is -3.68. The van der Waals surface area contributed by atoms with Gasteiger partial charge in [-0.25, -0.2) is 19.0 Å². The number of halogens is 2. The van der Waals surface area contributed by atoms with E-state index in [1.165, 1.54) is 23.5 Å². The van der Waals surface area contributed by atoms with Crippen molar-refractivity contribution in [3.05, 3.63) is 46.9 Å². The van der Waals surface area contributed by atoms with E-state index in [1.807, 2.05) is 13.0 Å². The van der Waals surface area contributed by atoms with E-state index < -0.39 is 10.2 Å². The van der Waals surface area contributed by atoms with Crippen molar-refractivity contribution in [1.82, 2.24) is 18.9 Å². The van der Waals surface area contributed by atoms with Crippen LogP contribution in [-0.4, -0.2) is 53.5 Å². The summed E-state index contributed by atoms with van der Waals surface area (Å²) in [5.74, 6) is 0.905. The molecule has 1 saturated heterocycles. The van der Waals surface area contributed by atoms with E-state index in [-0.39, 0.29) is 17.3 Å². The van der Waals surface area contributed by atoms with Crippen LogP contribution in [0.25, 0.3) is 16.9 Å². The monoisotopic (exact) mass is 464 g/mol. The molecule has 0 unspecified atom stereocenters. The van der Waals surface area contributed by atoms with Crippen LogP contribution in [0.3, 0.4) is 0 Å². The van der Waals surface area contributed by atoms with Crippen molar-refractivity contribution in [3.63, 3.8) is 0 Å². The van der Waals surface area contributed by atoms with Gasteiger partial charge in [-0.15, -0.1) is 5.10 Å². The van der Waals surface area contributed by atoms with Crippen molar-refractivity contribution in [1.29, 1.82) is 0 Å². The number of aryl methyl sites for hydroxylation is 1. The fraction of sp³-hybridized carbons (Fsp3) is 0.400. The molecular weight excluding hydrogens is 443 g/mol. The SMILES string of the molecule is Cc1cc(Cl)n2nc(-c3ccc(F)cc3)nc(N3CC4(CC(N(C)S(N)(=O)=O)C4)C3)c12. The van der Waals surface area contributed by atoms with Crippen LogP contribution in [0.1, 0.15) is 18.4 Å². The maximum Gasteiger partial charge on any atom is 0.276 e. The zero-order valence-electron chi connectivity index (χ0n) is 17.1. The quantitative estimate of drug-likeness (QED) is 0.640. The molecule has 2 aromatic heterocycles. The van der Waals surface area contributed by atoms with Gasteiger partial charge in [0, 0.05) is 37.2 Å². The number of aromatic nitrogens is 3. The highest BCUT2D eigenvalue weighted by Gasteiger charge is 2.55. The summed E-state index contributed by atoms with van der Waals surface area (Å²) in [7, 11) is -2.15. The van der Waals surface area contributed by atoms with Crippen LogP contribution in [-0.2, 0) is 10.2 Å². The summed E-state index contributed by atoms with van der Waals surface area (Å²) in [4.78, 5) is 6.97. The number of nitrogens with zero attached hydrogens (tertiary/aromatic N) is 5. The summed E-state index contributed by atoms with van der Waals surface area (Å²) >= 11 is 6.41. The largest absolute Gasteiger partial charge is 0.353 e. The Morgan fingerprint density at radius 2 is 1.90 bits per heavy atom. The van der Waals surface area contributed by atoms with Crippen LogP contribution in [0.15, 0.2) is 30.3 Å². The molecular formula is C20H22ClFN6O2S. The third-order valence-electron chi connectivity index (χ3n) is 6.45. The number of anilines is 1. The third-order valence-corrected chi connectivity index (χ3v) is 7.82. The van der Waals surface area contributed by atoms with E-state index in [2.05, 4.69) is 10.00 Å². The molecule has 5 rings (SSSR count). The summed E-state index contributed by atoms with van der Waals surface area (Å²) in [6.07, 6.45) is 1.53. The number of benzene rings is 1. The first-order valence-corrected chi connectivity index (χ1v) is 11.8. The molecule has 0 bridgehead atoms. The van der Waals surface area contributed by atoms with Crippen molar-refractivity contribution in [2.24, 2.45) is 10.6 Å². The standard InChI is InChI=1S/C20H22ClFN6O2S/c1-12-7-16(21)28-17(12)19(24-18(25-28)13-3-5-14(22)6-4-13)27-10-20(11-27)8-15(9-20)26(2)31(23,29)30/h3-7,15H,8-11H2,1-2H3,(H2,23,29,30). The Kier molecular flexibility index (Phi) is 4.57. The van der Waals surface area contributed by atoms with E-state index in [0.717, 1.165) is 42.8 Å². The van der Waals surface area contributed by atoms with E-state index >= 15 is 0 Å². The lowest BCUT2D eigenvalue weighted by Crippen LogP contribution is -2.67. The Morgan fingerprint density at radius 1 is 1.26 bits per heavy atom. The average Bonchev–Trinajstić information content (AvgIpc) is 2.93. The van der Waals surface area contributed by atoms with Crippen LogP contribution in [0.4, 0.5) is 10.2 Å². The number of hydrogen-bond acceptors (Lipinski definition) is 5. The Bertz CT molecular complexity index is 1280. The van der Waals surface area contributed by atoms with Gasteiger partial charge in [0.2, 0.25) is 0 Å². The second-order valence-electron chi connectivity index (χ2n) is 8.66. The van der Waals surface area contributed by atoms with Gasteiger partial charge in [-0.2, -0.15) is 12.7 Å². The maximum atomic E-state index is 13.4. The van der Waals surface area contributed by atoms with E-state index in [4.69, 9.17) is 21.7 Å². The molecule has 1 aliphatic heterocycles. The van der Waals surface area contributed by atoms with Gasteiger partial charge in [0.1, 0.15) is 16.5 Å². The molecule has 1 saturated carbocycles. The lowest BCUT2D eigenvalue weighted by atomic mass is 9.60. The first-order valence-electron chi connectivity index (χ1n) is 9.89. The van der Waals surface area contributed by atoms with E-state index in [1.54, 1.807) is 16.6 Å². The lowest BCUT2D eigenvalue weighted by Gasteiger charge is -2.60. The molecule has 11 heteroatoms. The maximum absolute atomic E-state index is 13.4. The molecule has 2 N–H and O–H groups in total. The van der Waals surface area contributed by atoms with Gasteiger partial charge in [0.25, 0.3) is 10.2 Å². The Morgan fingerprint density at radius 3 is 2.52 bits per heavy atom. The summed E-state index contributed by atoms with van der Waals surface area (Å²) in [6, 6.07) is 7.81. The van der Waals surface area contributed by atoms with Gasteiger partial charge >= 0.3 is 0 Å². The predicted octanol–water partition coefficient (Wildman–Crippen LogP) is 2.60. The van der Waals surface area contributed by atoms with E-state index in [0.29, 0.717) is 16.5 Å². The molecule has 1 aromatic carbocycles. The normalized spacial score (nSPS) is 18.6. The van der Waals surface area contributed by atoms with Crippen molar-refractivity contribution in [2.75, 3.05) is 25.0 Å². The topological polar surface area (TPSA) is 96.8 Å². The van der Waals surface area contributed by atoms with Crippen molar-refractivity contribution in [2.45, 2.75) is 25.8 Å². The van der Waals surface area contributed by atoms with Gasteiger partial charge in [0.05, 0.1) is 0 Å². The summed E-state index contributed by atoms with van der Waals surface area (Å²) < 4.78 is 39.5. The highest BCUT2D eigenvalue weighted by atomic mass is 35.5. The number of nitrogens with two attached hydrogens (primary N) is 1. The first-order chi connectivity index (χ1) is 14.6. The molecule has 0 radical (unpaired) electrons. The number of hydrogen-bond donors (Lipinski definition) is 1. The number of rotatable bonds is 4.